The monoisotopic (exact) mass is 472 g/mol. The highest BCUT2D eigenvalue weighted by molar-refractivity contribution is 6.51. The number of amides is 1. The molecule has 178 valence electrons. The van der Waals surface area contributed by atoms with Crippen molar-refractivity contribution in [2.75, 3.05) is 18.6 Å². The molecule has 35 heavy (non-hydrogen) atoms. The molecule has 0 aliphatic carbocycles. The van der Waals surface area contributed by atoms with Crippen LogP contribution in [0.25, 0.3) is 5.76 Å². The van der Waals surface area contributed by atoms with Crippen LogP contribution in [0.1, 0.15) is 41.0 Å². The first-order valence-corrected chi connectivity index (χ1v) is 11.1. The summed E-state index contributed by atoms with van der Waals surface area (Å²) in [6, 6.07) is 16.9. The lowest BCUT2D eigenvalue weighted by atomic mass is 9.98. The Kier molecular flexibility index (Phi) is 6.91. The smallest absolute Gasteiger partial charge is 0.338 e. The maximum Gasteiger partial charge on any atom is 0.338 e. The Morgan fingerprint density at radius 1 is 1.03 bits per heavy atom. The average Bonchev–Trinajstić information content (AvgIpc) is 3.17. The van der Waals surface area contributed by atoms with Gasteiger partial charge in [-0.05, 0) is 61.0 Å². The van der Waals surface area contributed by atoms with Crippen LogP contribution in [-0.2, 0) is 14.3 Å². The molecule has 1 aromatic heterocycles. The SMILES string of the molecule is CCCOC(=O)c1cccc(N2C(=O)C(=O)/C(=C(/O)c3ccc(OC)cc3)C2c2ccccn2)c1. The average molecular weight is 472 g/mol. The molecule has 0 bridgehead atoms. The number of Topliss-reactive ketones (excluding diaryl/α,β-unsaturated/α-hetero) is 1. The topological polar surface area (TPSA) is 106 Å². The van der Waals surface area contributed by atoms with Gasteiger partial charge < -0.3 is 14.6 Å². The van der Waals surface area contributed by atoms with E-state index in [1.165, 1.54) is 18.1 Å². The molecule has 3 aromatic rings. The van der Waals surface area contributed by atoms with Gasteiger partial charge in [0.2, 0.25) is 0 Å². The minimum Gasteiger partial charge on any atom is -0.507 e. The predicted octanol–water partition coefficient (Wildman–Crippen LogP) is 4.28. The molecule has 0 spiro atoms. The lowest BCUT2D eigenvalue weighted by molar-refractivity contribution is -0.132. The van der Waals surface area contributed by atoms with Crippen molar-refractivity contribution in [3.05, 3.63) is 95.3 Å². The second-order valence-electron chi connectivity index (χ2n) is 7.84. The zero-order valence-electron chi connectivity index (χ0n) is 19.3. The van der Waals surface area contributed by atoms with E-state index in [-0.39, 0.29) is 23.5 Å². The fourth-order valence-corrected chi connectivity index (χ4v) is 3.88. The third kappa shape index (κ3) is 4.63. The van der Waals surface area contributed by atoms with E-state index in [9.17, 15) is 19.5 Å². The van der Waals surface area contributed by atoms with Crippen LogP contribution in [0.5, 0.6) is 5.75 Å². The zero-order chi connectivity index (χ0) is 24.9. The lowest BCUT2D eigenvalue weighted by Gasteiger charge is -2.25. The van der Waals surface area contributed by atoms with E-state index in [0.717, 1.165) is 0 Å². The van der Waals surface area contributed by atoms with E-state index in [4.69, 9.17) is 9.47 Å². The van der Waals surface area contributed by atoms with Gasteiger partial charge in [-0.25, -0.2) is 4.79 Å². The number of aliphatic hydroxyl groups excluding tert-OH is 1. The summed E-state index contributed by atoms with van der Waals surface area (Å²) in [6.07, 6.45) is 2.21. The van der Waals surface area contributed by atoms with Crippen LogP contribution in [0.15, 0.2) is 78.5 Å². The minimum absolute atomic E-state index is 0.0992. The molecular formula is C27H24N2O6. The summed E-state index contributed by atoms with van der Waals surface area (Å²) < 4.78 is 10.4. The number of carbonyl (C=O) groups is 3. The summed E-state index contributed by atoms with van der Waals surface area (Å²) >= 11 is 0. The molecule has 1 saturated heterocycles. The molecule has 2 heterocycles. The maximum atomic E-state index is 13.3. The van der Waals surface area contributed by atoms with E-state index in [0.29, 0.717) is 29.1 Å². The van der Waals surface area contributed by atoms with Crippen LogP contribution in [0, 0.1) is 0 Å². The van der Waals surface area contributed by atoms with Crippen molar-refractivity contribution in [2.24, 2.45) is 0 Å². The number of esters is 1. The maximum absolute atomic E-state index is 13.3. The molecule has 1 amide bonds. The van der Waals surface area contributed by atoms with E-state index in [1.54, 1.807) is 66.9 Å². The van der Waals surface area contributed by atoms with Crippen LogP contribution in [0.2, 0.25) is 0 Å². The van der Waals surface area contributed by atoms with Gasteiger partial charge in [-0.15, -0.1) is 0 Å². The summed E-state index contributed by atoms with van der Waals surface area (Å²) in [6.45, 7) is 2.15. The molecule has 8 heteroatoms. The summed E-state index contributed by atoms with van der Waals surface area (Å²) in [5.41, 5.74) is 1.19. The number of ketones is 1. The predicted molar refractivity (Wildman–Crippen MR) is 129 cm³/mol. The molecule has 0 saturated carbocycles. The molecule has 0 radical (unpaired) electrons. The fraction of sp³-hybridized carbons (Fsp3) is 0.185. The highest BCUT2D eigenvalue weighted by Gasteiger charge is 2.47. The number of methoxy groups -OCH3 is 1. The molecule has 1 fully saturated rings. The zero-order valence-corrected chi connectivity index (χ0v) is 19.3. The highest BCUT2D eigenvalue weighted by Crippen LogP contribution is 2.41. The van der Waals surface area contributed by atoms with E-state index >= 15 is 0 Å². The molecule has 8 nitrogen and oxygen atoms in total. The second kappa shape index (κ2) is 10.2. The number of pyridine rings is 1. The molecule has 2 aromatic carbocycles. The number of hydrogen-bond acceptors (Lipinski definition) is 7. The van der Waals surface area contributed by atoms with Crippen LogP contribution in [-0.4, -0.2) is 41.5 Å². The molecule has 1 unspecified atom stereocenters. The molecule has 1 aliphatic heterocycles. The fourth-order valence-electron chi connectivity index (χ4n) is 3.88. The first-order valence-electron chi connectivity index (χ1n) is 11.1. The van der Waals surface area contributed by atoms with Crippen LogP contribution >= 0.6 is 0 Å². The summed E-state index contributed by atoms with van der Waals surface area (Å²) in [7, 11) is 1.52. The van der Waals surface area contributed by atoms with Gasteiger partial charge in [0.05, 0.1) is 30.5 Å². The van der Waals surface area contributed by atoms with Crippen molar-refractivity contribution in [3.63, 3.8) is 0 Å². The lowest BCUT2D eigenvalue weighted by Crippen LogP contribution is -2.30. The number of benzene rings is 2. The van der Waals surface area contributed by atoms with Crippen LogP contribution in [0.3, 0.4) is 0 Å². The number of aromatic nitrogens is 1. The third-order valence-electron chi connectivity index (χ3n) is 5.57. The number of ether oxygens (including phenoxy) is 2. The highest BCUT2D eigenvalue weighted by atomic mass is 16.5. The van der Waals surface area contributed by atoms with Gasteiger partial charge in [-0.1, -0.05) is 19.1 Å². The normalized spacial score (nSPS) is 16.9. The molecule has 1 atom stereocenters. The molecular weight excluding hydrogens is 448 g/mol. The largest absolute Gasteiger partial charge is 0.507 e. The first kappa shape index (κ1) is 23.7. The minimum atomic E-state index is -1.000. The summed E-state index contributed by atoms with van der Waals surface area (Å²) in [5, 5.41) is 11.1. The quantitative estimate of drug-likeness (QED) is 0.237. The molecule has 4 rings (SSSR count). The van der Waals surface area contributed by atoms with E-state index < -0.39 is 23.7 Å². The Morgan fingerprint density at radius 2 is 1.80 bits per heavy atom. The summed E-state index contributed by atoms with van der Waals surface area (Å²) in [5.74, 6) is -1.97. The van der Waals surface area contributed by atoms with Gasteiger partial charge in [0.1, 0.15) is 17.6 Å². The van der Waals surface area contributed by atoms with Crippen molar-refractivity contribution in [1.82, 2.24) is 4.98 Å². The van der Waals surface area contributed by atoms with Gasteiger partial charge in [0, 0.05) is 17.4 Å². The number of aliphatic hydroxyl groups is 1. The number of nitrogens with zero attached hydrogens (tertiary/aromatic N) is 2. The van der Waals surface area contributed by atoms with Crippen molar-refractivity contribution in [1.29, 1.82) is 0 Å². The Morgan fingerprint density at radius 3 is 2.46 bits per heavy atom. The molecule has 1 aliphatic rings. The van der Waals surface area contributed by atoms with Gasteiger partial charge in [-0.2, -0.15) is 0 Å². The Bertz CT molecular complexity index is 1280. The summed E-state index contributed by atoms with van der Waals surface area (Å²) in [4.78, 5) is 44.5. The van der Waals surface area contributed by atoms with Crippen molar-refractivity contribution >= 4 is 29.1 Å². The third-order valence-corrected chi connectivity index (χ3v) is 5.57. The first-order chi connectivity index (χ1) is 17.0. The second-order valence-corrected chi connectivity index (χ2v) is 7.84. The van der Waals surface area contributed by atoms with Crippen molar-refractivity contribution < 1.29 is 29.0 Å². The van der Waals surface area contributed by atoms with Crippen molar-refractivity contribution in [3.8, 4) is 5.75 Å². The Labute approximate surface area is 202 Å². The number of anilines is 1. The molecule has 1 N–H and O–H groups in total. The Balaban J connectivity index is 1.84. The number of carbonyl (C=O) groups excluding carboxylic acids is 3. The number of rotatable bonds is 7. The van der Waals surface area contributed by atoms with E-state index in [1.807, 2.05) is 6.92 Å². The standard InChI is InChI=1S/C27H24N2O6/c1-3-15-35-27(33)18-7-6-8-19(16-18)29-23(21-9-4-5-14-28-21)22(25(31)26(29)32)24(30)17-10-12-20(34-2)13-11-17/h4-14,16,23,30H,3,15H2,1-2H3/b24-22+. The van der Waals surface area contributed by atoms with Gasteiger partial charge in [-0.3, -0.25) is 19.5 Å². The van der Waals surface area contributed by atoms with Gasteiger partial charge >= 0.3 is 5.97 Å². The van der Waals surface area contributed by atoms with E-state index in [2.05, 4.69) is 4.98 Å². The van der Waals surface area contributed by atoms with Gasteiger partial charge in [0.15, 0.2) is 0 Å². The number of hydrogen-bond donors (Lipinski definition) is 1. The van der Waals surface area contributed by atoms with Crippen LogP contribution < -0.4 is 9.64 Å². The van der Waals surface area contributed by atoms with Crippen molar-refractivity contribution in [2.45, 2.75) is 19.4 Å². The Hall–Kier alpha value is -4.46. The van der Waals surface area contributed by atoms with Crippen LogP contribution in [0.4, 0.5) is 5.69 Å². The van der Waals surface area contributed by atoms with Gasteiger partial charge in [0.25, 0.3) is 11.7 Å².